The van der Waals surface area contributed by atoms with Crippen LogP contribution in [0, 0.1) is 23.7 Å². The van der Waals surface area contributed by atoms with Gasteiger partial charge in [-0.1, -0.05) is 97.4 Å². The van der Waals surface area contributed by atoms with Crippen molar-refractivity contribution in [2.24, 2.45) is 23.7 Å². The van der Waals surface area contributed by atoms with Crippen LogP contribution in [0.1, 0.15) is 92.2 Å². The van der Waals surface area contributed by atoms with Crippen molar-refractivity contribution in [1.29, 1.82) is 0 Å². The van der Waals surface area contributed by atoms with Crippen LogP contribution < -0.4 is 15.5 Å². The minimum absolute atomic E-state index is 0.00672. The number of ether oxygens (including phenoxy) is 3. The lowest BCUT2D eigenvalue weighted by atomic mass is 9.89. The first-order valence-electron chi connectivity index (χ1n) is 23.8. The number of nitrogens with zero attached hydrogens (tertiary/aromatic N) is 4. The van der Waals surface area contributed by atoms with Gasteiger partial charge >= 0.3 is 0 Å². The number of carbonyl (C=O) groups is 4. The Balaban J connectivity index is 1.76. The first-order chi connectivity index (χ1) is 30.8. The Hall–Kier alpha value is -4.08. The fraction of sp³-hybridized carbons (Fsp3) is 0.686. The van der Waals surface area contributed by atoms with Crippen LogP contribution in [0.25, 0.3) is 0 Å². The van der Waals surface area contributed by atoms with Crippen molar-refractivity contribution in [3.05, 3.63) is 65.7 Å². The van der Waals surface area contributed by atoms with Gasteiger partial charge in [0.25, 0.3) is 0 Å². The molecule has 3 rings (SSSR count). The fourth-order valence-corrected chi connectivity index (χ4v) is 9.40. The molecule has 14 nitrogen and oxygen atoms in total. The van der Waals surface area contributed by atoms with E-state index in [0.717, 1.165) is 37.1 Å². The van der Waals surface area contributed by atoms with E-state index in [0.29, 0.717) is 25.9 Å². The first kappa shape index (κ1) is 55.2. The molecule has 1 aliphatic heterocycles. The molecular weight excluding hydrogens is 825 g/mol. The number of rotatable bonds is 27. The molecule has 1 fully saturated rings. The van der Waals surface area contributed by atoms with Crippen molar-refractivity contribution < 1.29 is 38.5 Å². The molecule has 1 heterocycles. The monoisotopic (exact) mass is 909 g/mol. The molecule has 0 spiro atoms. The SMILES string of the molecule is CC[C@H](C)[C@@H]([C@@H](CC(=O)N1CCC[C@H]1[C@H](OC)[C@@H](C)C(=O)N[C@@H](Cc1ccccc1)C(O)OC)OC)N(C)C(=O)[C@@H](NC(=O)[C@H](C(C)C)N(C)CCc1ccc(N(C)CC)cc1)C(C)C. The maximum absolute atomic E-state index is 14.6. The molecule has 10 atom stereocenters. The van der Waals surface area contributed by atoms with E-state index in [1.807, 2.05) is 65.1 Å². The first-order valence-corrected chi connectivity index (χ1v) is 23.8. The molecule has 0 saturated carbocycles. The van der Waals surface area contributed by atoms with E-state index in [2.05, 4.69) is 72.5 Å². The number of likely N-dealkylation sites (tertiary alicyclic amines) is 1. The minimum atomic E-state index is -1.23. The molecule has 0 bridgehead atoms. The fourth-order valence-electron chi connectivity index (χ4n) is 9.40. The molecule has 1 saturated heterocycles. The van der Waals surface area contributed by atoms with Crippen LogP contribution in [0.15, 0.2) is 54.6 Å². The van der Waals surface area contributed by atoms with E-state index >= 15 is 0 Å². The number of anilines is 1. The Labute approximate surface area is 391 Å². The van der Waals surface area contributed by atoms with E-state index < -0.39 is 48.6 Å². The van der Waals surface area contributed by atoms with Crippen molar-refractivity contribution in [1.82, 2.24) is 25.3 Å². The quantitative estimate of drug-likeness (QED) is 0.0995. The third-order valence-electron chi connectivity index (χ3n) is 13.7. The number of hydrogen-bond donors (Lipinski definition) is 3. The molecule has 65 heavy (non-hydrogen) atoms. The summed E-state index contributed by atoms with van der Waals surface area (Å²) in [4.78, 5) is 64.8. The molecule has 1 unspecified atom stereocenters. The summed E-state index contributed by atoms with van der Waals surface area (Å²) in [5.41, 5.74) is 3.29. The largest absolute Gasteiger partial charge is 0.379 e. The highest BCUT2D eigenvalue weighted by atomic mass is 16.6. The van der Waals surface area contributed by atoms with Crippen LogP contribution in [0.2, 0.25) is 0 Å². The van der Waals surface area contributed by atoms with E-state index in [4.69, 9.17) is 14.2 Å². The van der Waals surface area contributed by atoms with Crippen molar-refractivity contribution in [3.63, 3.8) is 0 Å². The molecule has 1 aliphatic rings. The number of likely N-dealkylation sites (N-methyl/N-ethyl adjacent to an activating group) is 2. The molecule has 366 valence electrons. The maximum Gasteiger partial charge on any atom is 0.245 e. The predicted molar refractivity (Wildman–Crippen MR) is 258 cm³/mol. The number of carbonyl (C=O) groups excluding carboxylic acids is 4. The number of aliphatic hydroxyl groups excluding tert-OH is 1. The normalized spacial score (nSPS) is 18.4. The summed E-state index contributed by atoms with van der Waals surface area (Å²) in [5, 5.41) is 16.8. The van der Waals surface area contributed by atoms with Crippen molar-refractivity contribution in [3.8, 4) is 0 Å². The third kappa shape index (κ3) is 15.2. The van der Waals surface area contributed by atoms with Gasteiger partial charge in [0.05, 0.1) is 48.7 Å². The average Bonchev–Trinajstić information content (AvgIpc) is 3.78. The lowest BCUT2D eigenvalue weighted by Gasteiger charge is -2.41. The van der Waals surface area contributed by atoms with E-state index in [9.17, 15) is 24.3 Å². The summed E-state index contributed by atoms with van der Waals surface area (Å²) in [7, 11) is 10.3. The molecule has 0 aliphatic carbocycles. The summed E-state index contributed by atoms with van der Waals surface area (Å²) >= 11 is 0. The van der Waals surface area contributed by atoms with Gasteiger partial charge in [-0.2, -0.15) is 0 Å². The summed E-state index contributed by atoms with van der Waals surface area (Å²) < 4.78 is 17.3. The molecule has 0 aromatic heterocycles. The molecule has 3 N–H and O–H groups in total. The lowest BCUT2D eigenvalue weighted by molar-refractivity contribution is -0.148. The summed E-state index contributed by atoms with van der Waals surface area (Å²) in [5.74, 6) is -1.85. The van der Waals surface area contributed by atoms with Crippen LogP contribution in [0.3, 0.4) is 0 Å². The van der Waals surface area contributed by atoms with Gasteiger partial charge < -0.3 is 44.7 Å². The second-order valence-corrected chi connectivity index (χ2v) is 18.9. The zero-order valence-electron chi connectivity index (χ0n) is 42.1. The Bertz CT molecular complexity index is 1750. The van der Waals surface area contributed by atoms with Crippen molar-refractivity contribution in [2.45, 2.75) is 143 Å². The van der Waals surface area contributed by atoms with Gasteiger partial charge in [0, 0.05) is 60.7 Å². The van der Waals surface area contributed by atoms with Gasteiger partial charge in [-0.25, -0.2) is 0 Å². The minimum Gasteiger partial charge on any atom is -0.379 e. The summed E-state index contributed by atoms with van der Waals surface area (Å²) in [6.07, 6.45) is 0.743. The Morgan fingerprint density at radius 3 is 2.00 bits per heavy atom. The van der Waals surface area contributed by atoms with Crippen LogP contribution in [-0.4, -0.2) is 154 Å². The smallest absolute Gasteiger partial charge is 0.245 e. The van der Waals surface area contributed by atoms with Gasteiger partial charge in [-0.05, 0) is 80.7 Å². The highest BCUT2D eigenvalue weighted by molar-refractivity contribution is 5.90. The highest BCUT2D eigenvalue weighted by Crippen LogP contribution is 2.30. The van der Waals surface area contributed by atoms with Crippen LogP contribution in [-0.2, 0) is 46.2 Å². The van der Waals surface area contributed by atoms with E-state index in [-0.39, 0.29) is 53.8 Å². The number of methoxy groups -OCH3 is 3. The molecule has 2 aromatic carbocycles. The Morgan fingerprint density at radius 2 is 1.46 bits per heavy atom. The molecule has 0 radical (unpaired) electrons. The Morgan fingerprint density at radius 1 is 0.815 bits per heavy atom. The number of nitrogens with one attached hydrogen (secondary N) is 2. The van der Waals surface area contributed by atoms with Gasteiger partial charge in [0.2, 0.25) is 23.6 Å². The van der Waals surface area contributed by atoms with Gasteiger partial charge in [0.1, 0.15) is 6.04 Å². The standard InChI is InChI=1S/C51H84N6O8/c1-15-35(7)46(56(11)50(61)44(33(3)4)53-49(60)45(34(5)6)55(10)30-28-37-24-26-39(27-25-37)54(9)16-2)42(63-12)32-43(58)57-29-20-23-41(57)47(64-13)36(8)48(59)52-40(51(62)65-14)31-38-21-18-17-19-22-38/h17-19,21-22,24-27,33-36,40-42,44-47,51,62H,15-16,20,23,28-32H2,1-14H3,(H,52,59)(H,53,60)/t35-,36+,40-,41-,42+,44-,45-,46-,47+,51?/m0/s1. The van der Waals surface area contributed by atoms with E-state index in [1.165, 1.54) is 12.7 Å². The van der Waals surface area contributed by atoms with Crippen molar-refractivity contribution >= 4 is 29.3 Å². The predicted octanol–water partition coefficient (Wildman–Crippen LogP) is 5.40. The molecular formula is C51H84N6O8. The van der Waals surface area contributed by atoms with Crippen LogP contribution in [0.5, 0.6) is 0 Å². The summed E-state index contributed by atoms with van der Waals surface area (Å²) in [6, 6.07) is 15.3. The van der Waals surface area contributed by atoms with E-state index in [1.54, 1.807) is 38.0 Å². The van der Waals surface area contributed by atoms with Gasteiger partial charge in [-0.3, -0.25) is 24.1 Å². The number of hydrogen-bond acceptors (Lipinski definition) is 10. The number of aliphatic hydroxyl groups is 1. The van der Waals surface area contributed by atoms with Crippen LogP contribution >= 0.6 is 0 Å². The van der Waals surface area contributed by atoms with Gasteiger partial charge in [-0.15, -0.1) is 0 Å². The molecule has 14 heteroatoms. The van der Waals surface area contributed by atoms with Crippen molar-refractivity contribution in [2.75, 3.05) is 67.0 Å². The Kier molecular flexibility index (Phi) is 22.9. The molecule has 2 aromatic rings. The maximum atomic E-state index is 14.6. The zero-order chi connectivity index (χ0) is 48.5. The number of amides is 4. The highest BCUT2D eigenvalue weighted by Gasteiger charge is 2.43. The van der Waals surface area contributed by atoms with Crippen LogP contribution in [0.4, 0.5) is 5.69 Å². The zero-order valence-corrected chi connectivity index (χ0v) is 42.1. The second-order valence-electron chi connectivity index (χ2n) is 18.9. The topological polar surface area (TPSA) is 153 Å². The average molecular weight is 909 g/mol. The second kappa shape index (κ2) is 26.9. The number of benzene rings is 2. The van der Waals surface area contributed by atoms with Gasteiger partial charge in [0.15, 0.2) is 6.29 Å². The molecule has 4 amide bonds. The summed E-state index contributed by atoms with van der Waals surface area (Å²) in [6.45, 7) is 18.0. The third-order valence-corrected chi connectivity index (χ3v) is 13.7. The lowest BCUT2D eigenvalue weighted by Crippen LogP contribution is -2.60.